The highest BCUT2D eigenvalue weighted by molar-refractivity contribution is 7.90. The van der Waals surface area contributed by atoms with Crippen LogP contribution in [0, 0.1) is 6.92 Å². The molecule has 0 N–H and O–H groups in total. The molecule has 142 valence electrons. The van der Waals surface area contributed by atoms with E-state index in [1.165, 1.54) is 4.90 Å². The van der Waals surface area contributed by atoms with Crippen molar-refractivity contribution in [1.82, 2.24) is 4.90 Å². The lowest BCUT2D eigenvalue weighted by atomic mass is 10.0. The highest BCUT2D eigenvalue weighted by Gasteiger charge is 2.23. The minimum Gasteiger partial charge on any atom is -0.485 e. The predicted octanol–water partition coefficient (Wildman–Crippen LogP) is 2.97. The first kappa shape index (κ1) is 19.4. The zero-order chi connectivity index (χ0) is 19.8. The number of benzene rings is 2. The number of aryl methyl sites for hydroxylation is 1. The average Bonchev–Trinajstić information content (AvgIpc) is 2.93. The maximum absolute atomic E-state index is 12.2. The number of halogens is 1. The fourth-order valence-electron chi connectivity index (χ4n) is 2.80. The van der Waals surface area contributed by atoms with Crippen molar-refractivity contribution in [3.05, 3.63) is 47.0 Å². The topological polar surface area (TPSA) is 76.0 Å². The summed E-state index contributed by atoms with van der Waals surface area (Å²) >= 11 is 6.29. The fourth-order valence-corrected chi connectivity index (χ4v) is 3.86. The molecule has 0 spiro atoms. The largest absolute Gasteiger partial charge is 0.485 e. The first-order valence-electron chi connectivity index (χ1n) is 8.21. The van der Waals surface area contributed by atoms with Gasteiger partial charge in [-0.15, -0.1) is 0 Å². The lowest BCUT2D eigenvalue weighted by Crippen LogP contribution is -2.31. The molecule has 3 rings (SSSR count). The first-order valence-corrected chi connectivity index (χ1v) is 10.5. The predicted molar refractivity (Wildman–Crippen MR) is 105 cm³/mol. The molecule has 1 amide bonds. The number of amidine groups is 1. The van der Waals surface area contributed by atoms with Gasteiger partial charge in [-0.25, -0.2) is 8.42 Å². The van der Waals surface area contributed by atoms with Gasteiger partial charge in [0.25, 0.3) is 0 Å². The molecule has 2 aromatic rings. The molecule has 0 atom stereocenters. The molecule has 0 fully saturated rings. The molecule has 2 aromatic carbocycles. The molecular formula is C19H19ClN2O4S. The summed E-state index contributed by atoms with van der Waals surface area (Å²) in [7, 11) is -1.80. The second-order valence-electron chi connectivity index (χ2n) is 6.34. The molecule has 0 saturated heterocycles. The van der Waals surface area contributed by atoms with Crippen LogP contribution in [0.15, 0.2) is 46.3 Å². The molecular weight excluding hydrogens is 388 g/mol. The highest BCUT2D eigenvalue weighted by atomic mass is 35.5. The number of aliphatic imine (C=N–C) groups is 1. The molecule has 0 radical (unpaired) electrons. The Kier molecular flexibility index (Phi) is 5.26. The summed E-state index contributed by atoms with van der Waals surface area (Å²) in [4.78, 5) is 17.4. The number of amides is 1. The van der Waals surface area contributed by atoms with Crippen molar-refractivity contribution in [2.75, 3.05) is 26.5 Å². The van der Waals surface area contributed by atoms with Gasteiger partial charge in [0.1, 0.15) is 24.7 Å². The van der Waals surface area contributed by atoms with Gasteiger partial charge in [0.2, 0.25) is 5.91 Å². The van der Waals surface area contributed by atoms with E-state index < -0.39 is 9.84 Å². The van der Waals surface area contributed by atoms with E-state index in [0.717, 1.165) is 11.8 Å². The summed E-state index contributed by atoms with van der Waals surface area (Å²) in [6, 6.07) is 10.2. The van der Waals surface area contributed by atoms with Crippen LogP contribution in [-0.2, 0) is 14.6 Å². The van der Waals surface area contributed by atoms with Crippen LogP contribution in [0.2, 0.25) is 5.02 Å². The van der Waals surface area contributed by atoms with Crippen LogP contribution >= 0.6 is 11.6 Å². The third kappa shape index (κ3) is 3.99. The van der Waals surface area contributed by atoms with Crippen molar-refractivity contribution in [3.8, 4) is 16.9 Å². The molecule has 1 aliphatic rings. The second kappa shape index (κ2) is 7.32. The van der Waals surface area contributed by atoms with Crippen molar-refractivity contribution >= 4 is 33.2 Å². The van der Waals surface area contributed by atoms with Crippen molar-refractivity contribution < 1.29 is 17.9 Å². The fraction of sp³-hybridized carbons (Fsp3) is 0.263. The molecule has 1 aliphatic heterocycles. The number of ether oxygens (including phenoxy) is 1. The Hall–Kier alpha value is -2.38. The summed E-state index contributed by atoms with van der Waals surface area (Å²) in [5, 5.41) is 0.506. The van der Waals surface area contributed by atoms with Crippen molar-refractivity contribution in [2.24, 2.45) is 4.99 Å². The maximum Gasteiger partial charge on any atom is 0.249 e. The maximum atomic E-state index is 12.2. The van der Waals surface area contributed by atoms with Crippen LogP contribution < -0.4 is 4.74 Å². The number of sulfone groups is 1. The van der Waals surface area contributed by atoms with E-state index in [9.17, 15) is 13.2 Å². The second-order valence-corrected chi connectivity index (χ2v) is 8.73. The average molecular weight is 407 g/mol. The van der Waals surface area contributed by atoms with Gasteiger partial charge in [-0.1, -0.05) is 29.8 Å². The molecule has 0 bridgehead atoms. The van der Waals surface area contributed by atoms with Crippen molar-refractivity contribution in [2.45, 2.75) is 11.8 Å². The summed E-state index contributed by atoms with van der Waals surface area (Å²) in [6.07, 6.45) is 1.16. The standard InChI is InChI=1S/C19H19ClN2O4S/c1-12-8-16(26-11-18-21-10-19(23)22(18)2)14(9-15(12)20)13-6-4-5-7-17(13)27(3,24)25/h4-9H,10-11H2,1-3H3. The molecule has 0 aliphatic carbocycles. The molecule has 0 aromatic heterocycles. The van der Waals surface area contributed by atoms with Gasteiger partial charge in [0.15, 0.2) is 9.84 Å². The molecule has 0 unspecified atom stereocenters. The van der Waals surface area contributed by atoms with Crippen LogP contribution in [-0.4, -0.2) is 51.5 Å². The van der Waals surface area contributed by atoms with Gasteiger partial charge in [-0.2, -0.15) is 0 Å². The number of nitrogens with zero attached hydrogens (tertiary/aromatic N) is 2. The molecule has 1 heterocycles. The Morgan fingerprint density at radius 1 is 1.22 bits per heavy atom. The van der Waals surface area contributed by atoms with Crippen LogP contribution in [0.25, 0.3) is 11.1 Å². The zero-order valence-corrected chi connectivity index (χ0v) is 16.8. The van der Waals surface area contributed by atoms with Gasteiger partial charge in [0, 0.05) is 29.5 Å². The number of carbonyl (C=O) groups excluding carboxylic acids is 1. The molecule has 0 saturated carbocycles. The Bertz CT molecular complexity index is 1050. The number of likely N-dealkylation sites (N-methyl/N-ethyl adjacent to an activating group) is 1. The first-order chi connectivity index (χ1) is 12.7. The van der Waals surface area contributed by atoms with E-state index in [4.69, 9.17) is 16.3 Å². The summed E-state index contributed by atoms with van der Waals surface area (Å²) < 4.78 is 30.3. The third-order valence-electron chi connectivity index (χ3n) is 4.35. The summed E-state index contributed by atoms with van der Waals surface area (Å²) in [5.74, 6) is 0.905. The van der Waals surface area contributed by atoms with Gasteiger partial charge in [-0.05, 0) is 30.7 Å². The Labute approximate surface area is 163 Å². The van der Waals surface area contributed by atoms with Crippen LogP contribution in [0.1, 0.15) is 5.56 Å². The van der Waals surface area contributed by atoms with Crippen molar-refractivity contribution in [3.63, 3.8) is 0 Å². The monoisotopic (exact) mass is 406 g/mol. The quantitative estimate of drug-likeness (QED) is 0.764. The molecule has 27 heavy (non-hydrogen) atoms. The highest BCUT2D eigenvalue weighted by Crippen LogP contribution is 2.38. The summed E-state index contributed by atoms with van der Waals surface area (Å²) in [6.45, 7) is 2.04. The SMILES string of the molecule is Cc1cc(OCC2=NCC(=O)N2C)c(-c2ccccc2S(C)(=O)=O)cc1Cl. The van der Waals surface area contributed by atoms with E-state index in [1.807, 2.05) is 6.92 Å². The molecule has 8 heteroatoms. The lowest BCUT2D eigenvalue weighted by molar-refractivity contribution is -0.124. The molecule has 6 nitrogen and oxygen atoms in total. The number of hydrogen-bond acceptors (Lipinski definition) is 5. The number of carbonyl (C=O) groups is 1. The van der Waals surface area contributed by atoms with Crippen LogP contribution in [0.4, 0.5) is 0 Å². The van der Waals surface area contributed by atoms with Crippen LogP contribution in [0.3, 0.4) is 0 Å². The number of rotatable bonds is 5. The van der Waals surface area contributed by atoms with Crippen LogP contribution in [0.5, 0.6) is 5.75 Å². The van der Waals surface area contributed by atoms with Gasteiger partial charge >= 0.3 is 0 Å². The Morgan fingerprint density at radius 3 is 2.56 bits per heavy atom. The zero-order valence-electron chi connectivity index (χ0n) is 15.2. The van der Waals surface area contributed by atoms with Gasteiger partial charge in [0.05, 0.1) is 4.90 Å². The van der Waals surface area contributed by atoms with E-state index in [1.54, 1.807) is 43.4 Å². The minimum absolute atomic E-state index is 0.0940. The van der Waals surface area contributed by atoms with Gasteiger partial charge < -0.3 is 4.74 Å². The lowest BCUT2D eigenvalue weighted by Gasteiger charge is -2.17. The Balaban J connectivity index is 2.04. The van der Waals surface area contributed by atoms with E-state index in [2.05, 4.69) is 4.99 Å². The van der Waals surface area contributed by atoms with Gasteiger partial charge in [-0.3, -0.25) is 14.7 Å². The smallest absolute Gasteiger partial charge is 0.249 e. The normalized spacial score (nSPS) is 14.4. The van der Waals surface area contributed by atoms with Crippen molar-refractivity contribution in [1.29, 1.82) is 0 Å². The summed E-state index contributed by atoms with van der Waals surface area (Å²) in [5.41, 5.74) is 1.87. The van der Waals surface area contributed by atoms with E-state index in [-0.39, 0.29) is 24.0 Å². The van der Waals surface area contributed by atoms with E-state index in [0.29, 0.717) is 27.7 Å². The third-order valence-corrected chi connectivity index (χ3v) is 5.91. The van der Waals surface area contributed by atoms with E-state index >= 15 is 0 Å². The minimum atomic E-state index is -3.44. The number of hydrogen-bond donors (Lipinski definition) is 0. The Morgan fingerprint density at radius 2 is 1.93 bits per heavy atom.